The molecule has 35 heavy (non-hydrogen) atoms. The number of pyridine rings is 1. The minimum absolute atomic E-state index is 0.0515. The van der Waals surface area contributed by atoms with Gasteiger partial charge in [-0.2, -0.15) is 9.97 Å². The van der Waals surface area contributed by atoms with Crippen LogP contribution in [0.15, 0.2) is 42.6 Å². The second-order valence-corrected chi connectivity index (χ2v) is 9.28. The lowest BCUT2D eigenvalue weighted by Crippen LogP contribution is -2.26. The van der Waals surface area contributed by atoms with Crippen LogP contribution < -0.4 is 15.4 Å². The Hall–Kier alpha value is -3.52. The molecule has 1 fully saturated rings. The molecule has 2 N–H and O–H groups in total. The Morgan fingerprint density at radius 1 is 1.00 bits per heavy atom. The highest BCUT2D eigenvalue weighted by Gasteiger charge is 2.32. The zero-order chi connectivity index (χ0) is 24.2. The molecule has 0 spiro atoms. The van der Waals surface area contributed by atoms with Crippen LogP contribution in [0.5, 0.6) is 6.01 Å². The molecule has 0 aliphatic carbocycles. The molecule has 1 saturated heterocycles. The minimum atomic E-state index is -0.0515. The van der Waals surface area contributed by atoms with Gasteiger partial charge in [0, 0.05) is 23.9 Å². The predicted molar refractivity (Wildman–Crippen MR) is 136 cm³/mol. The van der Waals surface area contributed by atoms with Crippen molar-refractivity contribution in [3.8, 4) is 17.3 Å². The third-order valence-electron chi connectivity index (χ3n) is 6.63. The van der Waals surface area contributed by atoms with E-state index in [0.717, 1.165) is 36.2 Å². The van der Waals surface area contributed by atoms with E-state index in [-0.39, 0.29) is 18.3 Å². The quantitative estimate of drug-likeness (QED) is 0.470. The van der Waals surface area contributed by atoms with Crippen molar-refractivity contribution in [2.24, 2.45) is 0 Å². The summed E-state index contributed by atoms with van der Waals surface area (Å²) in [6.07, 6.45) is 6.54. The summed E-state index contributed by atoms with van der Waals surface area (Å²) in [5.74, 6) is 0.787. The van der Waals surface area contributed by atoms with Crippen LogP contribution in [-0.4, -0.2) is 45.5 Å². The Balaban J connectivity index is 1.27. The number of ether oxygens (including phenoxy) is 1. The molecule has 0 atom stereocenters. The van der Waals surface area contributed by atoms with E-state index in [1.165, 1.54) is 31.5 Å². The van der Waals surface area contributed by atoms with Crippen LogP contribution in [0.4, 0.5) is 11.6 Å². The highest BCUT2D eigenvalue weighted by molar-refractivity contribution is 6.01. The van der Waals surface area contributed by atoms with E-state index in [2.05, 4.69) is 51.0 Å². The zero-order valence-electron chi connectivity index (χ0n) is 20.2. The van der Waals surface area contributed by atoms with Crippen molar-refractivity contribution >= 4 is 17.5 Å². The molecule has 8 heteroatoms. The van der Waals surface area contributed by atoms with E-state index < -0.39 is 0 Å². The summed E-state index contributed by atoms with van der Waals surface area (Å²) < 4.78 is 5.64. The molecule has 2 aliphatic rings. The summed E-state index contributed by atoms with van der Waals surface area (Å²) in [6, 6.07) is 12.9. The van der Waals surface area contributed by atoms with Crippen molar-refractivity contribution in [1.29, 1.82) is 0 Å². The van der Waals surface area contributed by atoms with Gasteiger partial charge in [0.25, 0.3) is 0 Å². The number of rotatable bonds is 9. The summed E-state index contributed by atoms with van der Waals surface area (Å²) in [7, 11) is 0. The molecule has 5 rings (SSSR count). The fourth-order valence-electron chi connectivity index (χ4n) is 4.61. The van der Waals surface area contributed by atoms with E-state index in [0.29, 0.717) is 30.4 Å². The SMILES string of the molecule is CCCCOc1nc(N)c2c(n1)N(Cc1ccc(-c3ccc(CN4CCCC4)cc3)nc1)C(=O)C2. The van der Waals surface area contributed by atoms with E-state index in [1.807, 2.05) is 18.3 Å². The molecule has 1 amide bonds. The average molecular weight is 473 g/mol. The Morgan fingerprint density at radius 2 is 1.77 bits per heavy atom. The topological polar surface area (TPSA) is 97.5 Å². The van der Waals surface area contributed by atoms with Crippen LogP contribution in [0.25, 0.3) is 11.3 Å². The van der Waals surface area contributed by atoms with Crippen molar-refractivity contribution in [3.63, 3.8) is 0 Å². The first-order valence-corrected chi connectivity index (χ1v) is 12.5. The molecular formula is C27H32N6O2. The van der Waals surface area contributed by atoms with Crippen LogP contribution in [0.3, 0.4) is 0 Å². The molecule has 0 bridgehead atoms. The Morgan fingerprint density at radius 3 is 2.49 bits per heavy atom. The number of nitrogen functional groups attached to an aromatic ring is 1. The molecule has 4 heterocycles. The monoisotopic (exact) mass is 472 g/mol. The third-order valence-corrected chi connectivity index (χ3v) is 6.63. The number of benzene rings is 1. The predicted octanol–water partition coefficient (Wildman–Crippen LogP) is 3.98. The number of hydrogen-bond acceptors (Lipinski definition) is 7. The van der Waals surface area contributed by atoms with E-state index in [4.69, 9.17) is 10.5 Å². The van der Waals surface area contributed by atoms with Gasteiger partial charge in [0.15, 0.2) is 0 Å². The Labute approximate surface area is 206 Å². The number of nitrogens with two attached hydrogens (primary N) is 1. The standard InChI is InChI=1S/C27H32N6O2/c1-2-3-14-35-27-30-25(28)22-15-24(34)33(26(22)31-27)18-20-8-11-23(29-16-20)21-9-6-19(7-10-21)17-32-12-4-5-13-32/h6-11,16H,2-5,12-15,17-18H2,1H3,(H2,28,30,31). The fraction of sp³-hybridized carbons (Fsp3) is 0.407. The van der Waals surface area contributed by atoms with Crippen LogP contribution in [0.1, 0.15) is 49.3 Å². The number of likely N-dealkylation sites (tertiary alicyclic amines) is 1. The average Bonchev–Trinajstić information content (AvgIpc) is 3.49. The van der Waals surface area contributed by atoms with Crippen LogP contribution in [0.2, 0.25) is 0 Å². The second-order valence-electron chi connectivity index (χ2n) is 9.28. The van der Waals surface area contributed by atoms with Gasteiger partial charge < -0.3 is 10.5 Å². The highest BCUT2D eigenvalue weighted by atomic mass is 16.5. The first-order valence-electron chi connectivity index (χ1n) is 12.5. The molecule has 0 radical (unpaired) electrons. The summed E-state index contributed by atoms with van der Waals surface area (Å²) in [6.45, 7) is 6.39. The number of amides is 1. The maximum atomic E-state index is 12.7. The Kier molecular flexibility index (Phi) is 6.90. The van der Waals surface area contributed by atoms with Gasteiger partial charge in [-0.25, -0.2) is 0 Å². The molecular weight excluding hydrogens is 440 g/mol. The molecule has 2 aliphatic heterocycles. The summed E-state index contributed by atoms with van der Waals surface area (Å²) in [5.41, 5.74) is 11.0. The number of carbonyl (C=O) groups is 1. The van der Waals surface area contributed by atoms with Gasteiger partial charge in [0.1, 0.15) is 11.6 Å². The fourth-order valence-corrected chi connectivity index (χ4v) is 4.61. The van der Waals surface area contributed by atoms with Gasteiger partial charge in [0.2, 0.25) is 5.91 Å². The molecule has 1 aromatic carbocycles. The first kappa shape index (κ1) is 23.2. The van der Waals surface area contributed by atoms with Crippen molar-refractivity contribution in [1.82, 2.24) is 19.9 Å². The lowest BCUT2D eigenvalue weighted by Gasteiger charge is -2.17. The molecule has 8 nitrogen and oxygen atoms in total. The maximum absolute atomic E-state index is 12.7. The molecule has 3 aromatic rings. The second kappa shape index (κ2) is 10.4. The van der Waals surface area contributed by atoms with Crippen molar-refractivity contribution in [3.05, 3.63) is 59.3 Å². The largest absolute Gasteiger partial charge is 0.463 e. The van der Waals surface area contributed by atoms with Crippen molar-refractivity contribution < 1.29 is 9.53 Å². The summed E-state index contributed by atoms with van der Waals surface area (Å²) >= 11 is 0. The number of aromatic nitrogens is 3. The number of anilines is 2. The summed E-state index contributed by atoms with van der Waals surface area (Å²) in [4.78, 5) is 30.3. The minimum Gasteiger partial charge on any atom is -0.463 e. The zero-order valence-corrected chi connectivity index (χ0v) is 20.2. The Bertz CT molecular complexity index is 1170. The smallest absolute Gasteiger partial charge is 0.320 e. The van der Waals surface area contributed by atoms with E-state index >= 15 is 0 Å². The van der Waals surface area contributed by atoms with Gasteiger partial charge in [-0.05, 0) is 49.5 Å². The van der Waals surface area contributed by atoms with Gasteiger partial charge >= 0.3 is 6.01 Å². The normalized spacial score (nSPS) is 15.6. The van der Waals surface area contributed by atoms with Crippen LogP contribution in [-0.2, 0) is 24.3 Å². The van der Waals surface area contributed by atoms with Gasteiger partial charge in [-0.3, -0.25) is 19.6 Å². The van der Waals surface area contributed by atoms with Gasteiger partial charge in [-0.1, -0.05) is 43.7 Å². The van der Waals surface area contributed by atoms with Crippen molar-refractivity contribution in [2.75, 3.05) is 30.3 Å². The van der Waals surface area contributed by atoms with E-state index in [9.17, 15) is 4.79 Å². The molecule has 182 valence electrons. The molecule has 2 aromatic heterocycles. The first-order chi connectivity index (χ1) is 17.1. The molecule has 0 saturated carbocycles. The number of nitrogens with zero attached hydrogens (tertiary/aromatic N) is 5. The number of unbranched alkanes of at least 4 members (excludes halogenated alkanes) is 1. The van der Waals surface area contributed by atoms with Gasteiger partial charge in [-0.15, -0.1) is 0 Å². The maximum Gasteiger partial charge on any atom is 0.320 e. The highest BCUT2D eigenvalue weighted by Crippen LogP contribution is 2.33. The van der Waals surface area contributed by atoms with E-state index in [1.54, 1.807) is 4.90 Å². The number of hydrogen-bond donors (Lipinski definition) is 1. The number of fused-ring (bicyclic) bond motifs is 1. The summed E-state index contributed by atoms with van der Waals surface area (Å²) in [5, 5.41) is 0. The lowest BCUT2D eigenvalue weighted by atomic mass is 10.1. The van der Waals surface area contributed by atoms with Crippen LogP contribution in [0, 0.1) is 0 Å². The van der Waals surface area contributed by atoms with Gasteiger partial charge in [0.05, 0.1) is 25.3 Å². The third kappa shape index (κ3) is 5.27. The number of carbonyl (C=O) groups excluding carboxylic acids is 1. The van der Waals surface area contributed by atoms with Crippen LogP contribution >= 0.6 is 0 Å². The lowest BCUT2D eigenvalue weighted by molar-refractivity contribution is -0.117. The van der Waals surface area contributed by atoms with Crippen molar-refractivity contribution in [2.45, 2.75) is 52.1 Å². The molecule has 0 unspecified atom stereocenters.